The second-order valence-corrected chi connectivity index (χ2v) is 4.08. The molecule has 0 aliphatic heterocycles. The normalized spacial score (nSPS) is 10.1. The van der Waals surface area contributed by atoms with Crippen LogP contribution < -0.4 is 10.1 Å². The number of hydrogen-bond donors (Lipinski definition) is 1. The molecule has 1 aromatic carbocycles. The Kier molecular flexibility index (Phi) is 4.65. The van der Waals surface area contributed by atoms with Crippen LogP contribution in [0.1, 0.15) is 23.0 Å². The molecule has 5 nitrogen and oxygen atoms in total. The van der Waals surface area contributed by atoms with Crippen LogP contribution in [-0.4, -0.2) is 19.7 Å². The van der Waals surface area contributed by atoms with E-state index in [0.717, 1.165) is 17.0 Å². The lowest BCUT2D eigenvalue weighted by molar-refractivity contribution is 0.0563. The summed E-state index contributed by atoms with van der Waals surface area (Å²) in [5.41, 5.74) is 1.69. The summed E-state index contributed by atoms with van der Waals surface area (Å²) in [6.45, 7) is 3.07. The lowest BCUT2D eigenvalue weighted by atomic mass is 10.2. The van der Waals surface area contributed by atoms with E-state index in [9.17, 15) is 4.79 Å². The lowest BCUT2D eigenvalue weighted by Crippen LogP contribution is -2.06. The van der Waals surface area contributed by atoms with E-state index in [0.29, 0.717) is 13.2 Å². The molecule has 1 aromatic heterocycles. The fourth-order valence-corrected chi connectivity index (χ4v) is 1.78. The van der Waals surface area contributed by atoms with Crippen LogP contribution in [-0.2, 0) is 11.3 Å². The van der Waals surface area contributed by atoms with E-state index in [1.807, 2.05) is 31.2 Å². The minimum Gasteiger partial charge on any atom is -0.494 e. The Hall–Kier alpha value is -2.43. The van der Waals surface area contributed by atoms with Crippen molar-refractivity contribution in [3.63, 3.8) is 0 Å². The second-order valence-electron chi connectivity index (χ2n) is 4.08. The number of furan rings is 1. The number of ether oxygens (including phenoxy) is 2. The number of carbonyl (C=O) groups is 1. The Balaban J connectivity index is 1.98. The maximum atomic E-state index is 11.5. The number of methoxy groups -OCH3 is 1. The van der Waals surface area contributed by atoms with Crippen LogP contribution >= 0.6 is 0 Å². The van der Waals surface area contributed by atoms with Crippen molar-refractivity contribution in [1.82, 2.24) is 0 Å². The van der Waals surface area contributed by atoms with Crippen molar-refractivity contribution >= 4 is 11.7 Å². The number of hydrogen-bond acceptors (Lipinski definition) is 5. The summed E-state index contributed by atoms with van der Waals surface area (Å²) in [5.74, 6) is 0.584. The smallest absolute Gasteiger partial charge is 0.374 e. The summed E-state index contributed by atoms with van der Waals surface area (Å²) in [5, 5.41) is 3.21. The molecule has 106 valence electrons. The van der Waals surface area contributed by atoms with Gasteiger partial charge in [-0.05, 0) is 37.3 Å². The van der Waals surface area contributed by atoms with Crippen LogP contribution in [0.25, 0.3) is 0 Å². The molecule has 2 aromatic rings. The average Bonchev–Trinajstić information content (AvgIpc) is 2.94. The number of nitrogens with one attached hydrogen (secondary N) is 1. The molecule has 0 amide bonds. The van der Waals surface area contributed by atoms with Crippen LogP contribution in [0.15, 0.2) is 41.0 Å². The molecule has 0 aliphatic carbocycles. The third-order valence-corrected chi connectivity index (χ3v) is 2.77. The highest BCUT2D eigenvalue weighted by Gasteiger charge is 2.15. The number of benzene rings is 1. The van der Waals surface area contributed by atoms with Gasteiger partial charge in [-0.25, -0.2) is 4.79 Å². The van der Waals surface area contributed by atoms with Crippen molar-refractivity contribution < 1.29 is 18.7 Å². The zero-order valence-corrected chi connectivity index (χ0v) is 11.5. The van der Waals surface area contributed by atoms with E-state index in [4.69, 9.17) is 9.15 Å². The third-order valence-electron chi connectivity index (χ3n) is 2.77. The first-order valence-corrected chi connectivity index (χ1v) is 6.36. The van der Waals surface area contributed by atoms with Gasteiger partial charge in [-0.15, -0.1) is 0 Å². The van der Waals surface area contributed by atoms with Gasteiger partial charge >= 0.3 is 5.97 Å². The molecule has 1 heterocycles. The van der Waals surface area contributed by atoms with Crippen LogP contribution in [0.2, 0.25) is 0 Å². The van der Waals surface area contributed by atoms with Crippen LogP contribution in [0.3, 0.4) is 0 Å². The Labute approximate surface area is 117 Å². The number of esters is 1. The van der Waals surface area contributed by atoms with Gasteiger partial charge in [-0.1, -0.05) is 0 Å². The quantitative estimate of drug-likeness (QED) is 0.821. The first-order valence-electron chi connectivity index (χ1n) is 6.36. The first-order chi connectivity index (χ1) is 9.74. The van der Waals surface area contributed by atoms with Crippen LogP contribution in [0, 0.1) is 0 Å². The molecule has 20 heavy (non-hydrogen) atoms. The van der Waals surface area contributed by atoms with E-state index >= 15 is 0 Å². The fourth-order valence-electron chi connectivity index (χ4n) is 1.78. The second kappa shape index (κ2) is 6.65. The Bertz CT molecular complexity index is 560. The predicted octanol–water partition coefficient (Wildman–Crippen LogP) is 3.08. The van der Waals surface area contributed by atoms with Crippen LogP contribution in [0.5, 0.6) is 5.75 Å². The van der Waals surface area contributed by atoms with Gasteiger partial charge in [0.05, 0.1) is 20.0 Å². The number of carbonyl (C=O) groups excluding carboxylic acids is 1. The monoisotopic (exact) mass is 275 g/mol. The number of anilines is 1. The van der Waals surface area contributed by atoms with E-state index in [1.54, 1.807) is 6.07 Å². The highest BCUT2D eigenvalue weighted by atomic mass is 16.5. The summed E-state index contributed by atoms with van der Waals surface area (Å²) in [4.78, 5) is 11.5. The van der Waals surface area contributed by atoms with Crippen molar-refractivity contribution in [2.75, 3.05) is 19.0 Å². The van der Waals surface area contributed by atoms with Gasteiger partial charge in [0.15, 0.2) is 0 Å². The topological polar surface area (TPSA) is 60.7 Å². The molecule has 0 aliphatic rings. The molecule has 0 atom stereocenters. The molecule has 0 bridgehead atoms. The average molecular weight is 275 g/mol. The van der Waals surface area contributed by atoms with Crippen molar-refractivity contribution in [2.45, 2.75) is 13.5 Å². The summed E-state index contributed by atoms with van der Waals surface area (Å²) in [7, 11) is 1.33. The summed E-state index contributed by atoms with van der Waals surface area (Å²) >= 11 is 0. The zero-order chi connectivity index (χ0) is 14.4. The van der Waals surface area contributed by atoms with Crippen molar-refractivity contribution in [1.29, 1.82) is 0 Å². The van der Waals surface area contributed by atoms with Gasteiger partial charge in [0.25, 0.3) is 0 Å². The predicted molar refractivity (Wildman–Crippen MR) is 75.0 cm³/mol. The summed E-state index contributed by atoms with van der Waals surface area (Å²) in [6.07, 6.45) is 1.47. The van der Waals surface area contributed by atoms with Gasteiger partial charge < -0.3 is 19.2 Å². The molecule has 0 spiro atoms. The van der Waals surface area contributed by atoms with E-state index in [-0.39, 0.29) is 5.76 Å². The van der Waals surface area contributed by atoms with E-state index in [1.165, 1.54) is 13.4 Å². The van der Waals surface area contributed by atoms with Gasteiger partial charge in [0, 0.05) is 17.8 Å². The molecule has 0 saturated carbocycles. The molecule has 0 saturated heterocycles. The Morgan fingerprint density at radius 3 is 2.65 bits per heavy atom. The van der Waals surface area contributed by atoms with Crippen LogP contribution in [0.4, 0.5) is 5.69 Å². The van der Waals surface area contributed by atoms with Gasteiger partial charge in [-0.3, -0.25) is 0 Å². The lowest BCUT2D eigenvalue weighted by Gasteiger charge is -2.07. The standard InChI is InChI=1S/C15H17NO4/c1-3-19-13-6-4-12(5-7-13)16-10-11-8-9-20-14(11)15(17)18-2/h4-9,16H,3,10H2,1-2H3. The number of rotatable bonds is 6. The molecular weight excluding hydrogens is 258 g/mol. The van der Waals surface area contributed by atoms with Gasteiger partial charge in [0.2, 0.25) is 5.76 Å². The molecule has 0 radical (unpaired) electrons. The third kappa shape index (κ3) is 3.32. The first kappa shape index (κ1) is 14.0. The zero-order valence-electron chi connectivity index (χ0n) is 11.5. The molecule has 0 unspecified atom stereocenters. The van der Waals surface area contributed by atoms with Crippen molar-refractivity contribution in [2.24, 2.45) is 0 Å². The maximum absolute atomic E-state index is 11.5. The van der Waals surface area contributed by atoms with Gasteiger partial charge in [0.1, 0.15) is 5.75 Å². The highest BCUT2D eigenvalue weighted by Crippen LogP contribution is 2.18. The SMILES string of the molecule is CCOc1ccc(NCc2ccoc2C(=O)OC)cc1. The van der Waals surface area contributed by atoms with E-state index in [2.05, 4.69) is 10.1 Å². The van der Waals surface area contributed by atoms with Crippen molar-refractivity contribution in [3.8, 4) is 5.75 Å². The van der Waals surface area contributed by atoms with E-state index < -0.39 is 5.97 Å². The molecule has 2 rings (SSSR count). The Morgan fingerprint density at radius 1 is 1.25 bits per heavy atom. The minimum atomic E-state index is -0.474. The summed E-state index contributed by atoms with van der Waals surface area (Å²) < 4.78 is 15.1. The van der Waals surface area contributed by atoms with Crippen molar-refractivity contribution in [3.05, 3.63) is 47.9 Å². The fraction of sp³-hybridized carbons (Fsp3) is 0.267. The van der Waals surface area contributed by atoms with Gasteiger partial charge in [-0.2, -0.15) is 0 Å². The molecule has 5 heteroatoms. The molecule has 0 fully saturated rings. The Morgan fingerprint density at radius 2 is 2.00 bits per heavy atom. The largest absolute Gasteiger partial charge is 0.494 e. The minimum absolute atomic E-state index is 0.228. The molecular formula is C15H17NO4. The molecule has 1 N–H and O–H groups in total. The summed E-state index contributed by atoms with van der Waals surface area (Å²) in [6, 6.07) is 9.37. The highest BCUT2D eigenvalue weighted by molar-refractivity contribution is 5.87. The maximum Gasteiger partial charge on any atom is 0.374 e.